The van der Waals surface area contributed by atoms with Gasteiger partial charge in [-0.15, -0.1) is 0 Å². The number of aliphatic hydroxyl groups excluding tert-OH is 2. The Morgan fingerprint density at radius 2 is 1.96 bits per heavy atom. The summed E-state index contributed by atoms with van der Waals surface area (Å²) in [6.45, 7) is 0.326. The molecule has 0 radical (unpaired) electrons. The molecule has 1 aromatic carbocycles. The fraction of sp³-hybridized carbons (Fsp3) is 0.294. The van der Waals surface area contributed by atoms with E-state index in [-0.39, 0.29) is 24.7 Å². The van der Waals surface area contributed by atoms with E-state index in [1.54, 1.807) is 12.1 Å². The molecular weight excluding hydrogens is 332 g/mol. The Bertz CT molecular complexity index is 654. The maximum Gasteiger partial charge on any atom is 0.407 e. The van der Waals surface area contributed by atoms with Gasteiger partial charge < -0.3 is 20.3 Å². The van der Waals surface area contributed by atoms with Crippen molar-refractivity contribution in [3.05, 3.63) is 64.9 Å². The molecule has 0 aliphatic rings. The van der Waals surface area contributed by atoms with Crippen LogP contribution in [0.1, 0.15) is 23.7 Å². The third-order valence-electron chi connectivity index (χ3n) is 3.39. The number of carbonyl (C=O) groups excluding carboxylic acids is 1. The van der Waals surface area contributed by atoms with Gasteiger partial charge >= 0.3 is 6.09 Å². The van der Waals surface area contributed by atoms with Crippen molar-refractivity contribution in [2.45, 2.75) is 25.2 Å². The number of carbonyl (C=O) groups is 1. The van der Waals surface area contributed by atoms with E-state index in [2.05, 4.69) is 10.3 Å². The van der Waals surface area contributed by atoms with Gasteiger partial charge in [0.05, 0.1) is 6.10 Å². The molecule has 1 heterocycles. The monoisotopic (exact) mass is 350 g/mol. The van der Waals surface area contributed by atoms with E-state index >= 15 is 0 Å². The van der Waals surface area contributed by atoms with Gasteiger partial charge in [0.25, 0.3) is 0 Å². The fourth-order valence-corrected chi connectivity index (χ4v) is 2.31. The average Bonchev–Trinajstić information content (AvgIpc) is 2.60. The molecule has 7 heteroatoms. The first-order valence-electron chi connectivity index (χ1n) is 7.49. The summed E-state index contributed by atoms with van der Waals surface area (Å²) in [6.07, 6.45) is -1.20. The Balaban J connectivity index is 1.71. The van der Waals surface area contributed by atoms with Gasteiger partial charge in [0.2, 0.25) is 0 Å². The second kappa shape index (κ2) is 9.22. The number of benzene rings is 1. The van der Waals surface area contributed by atoms with E-state index in [0.717, 1.165) is 5.56 Å². The maximum atomic E-state index is 11.6. The van der Waals surface area contributed by atoms with Crippen LogP contribution >= 0.6 is 11.6 Å². The van der Waals surface area contributed by atoms with Crippen molar-refractivity contribution in [3.8, 4) is 0 Å². The Labute approximate surface area is 145 Å². The van der Waals surface area contributed by atoms with Crippen LogP contribution in [-0.4, -0.2) is 33.9 Å². The highest BCUT2D eigenvalue weighted by Crippen LogP contribution is 2.24. The van der Waals surface area contributed by atoms with Gasteiger partial charge in [-0.1, -0.05) is 48.0 Å². The lowest BCUT2D eigenvalue weighted by molar-refractivity contribution is 0.0135. The average molecular weight is 351 g/mol. The van der Waals surface area contributed by atoms with Gasteiger partial charge in [0.1, 0.15) is 17.9 Å². The second-order valence-corrected chi connectivity index (χ2v) is 5.53. The Kier molecular flexibility index (Phi) is 6.99. The lowest BCUT2D eigenvalue weighted by atomic mass is 10.0. The predicted octanol–water partition coefficient (Wildman–Crippen LogP) is 2.45. The zero-order chi connectivity index (χ0) is 17.4. The lowest BCUT2D eigenvalue weighted by Crippen LogP contribution is -2.29. The first-order valence-corrected chi connectivity index (χ1v) is 7.87. The molecule has 0 aliphatic heterocycles. The first-order chi connectivity index (χ1) is 11.6. The van der Waals surface area contributed by atoms with Gasteiger partial charge in [0, 0.05) is 18.3 Å². The number of hydrogen-bond donors (Lipinski definition) is 3. The number of ether oxygens (including phenoxy) is 1. The number of rotatable bonds is 7. The van der Waals surface area contributed by atoms with Gasteiger partial charge in [0.15, 0.2) is 0 Å². The summed E-state index contributed by atoms with van der Waals surface area (Å²) in [4.78, 5) is 15.4. The van der Waals surface area contributed by atoms with E-state index < -0.39 is 18.3 Å². The van der Waals surface area contributed by atoms with Crippen LogP contribution < -0.4 is 5.32 Å². The van der Waals surface area contributed by atoms with E-state index in [1.807, 2.05) is 30.3 Å². The smallest absolute Gasteiger partial charge is 0.407 e. The summed E-state index contributed by atoms with van der Waals surface area (Å²) < 4.78 is 5.05. The molecule has 2 rings (SSSR count). The number of aliphatic hydroxyl groups is 2. The molecule has 2 aromatic rings. The molecule has 2 atom stereocenters. The second-order valence-electron chi connectivity index (χ2n) is 5.17. The summed E-state index contributed by atoms with van der Waals surface area (Å²) in [6, 6.07) is 12.5. The van der Waals surface area contributed by atoms with Gasteiger partial charge in [-0.05, 0) is 18.1 Å². The highest BCUT2D eigenvalue weighted by atomic mass is 35.5. The molecule has 3 N–H and O–H groups in total. The van der Waals surface area contributed by atoms with Crippen molar-refractivity contribution >= 4 is 17.7 Å². The summed E-state index contributed by atoms with van der Waals surface area (Å²) in [5, 5.41) is 22.7. The van der Waals surface area contributed by atoms with E-state index in [9.17, 15) is 15.0 Å². The van der Waals surface area contributed by atoms with Crippen LogP contribution in [-0.2, 0) is 11.3 Å². The summed E-state index contributed by atoms with van der Waals surface area (Å²) in [5.74, 6) is 0. The first kappa shape index (κ1) is 18.2. The third-order valence-corrected chi connectivity index (χ3v) is 3.71. The standard InChI is InChI=1S/C17H19ClN2O4/c18-16-13(7-4-9-19-16)15(22)14(21)8-10-20-17(23)24-11-12-5-2-1-3-6-12/h1-7,9,14-15,21-22H,8,10-11H2,(H,20,23). The van der Waals surface area contributed by atoms with Crippen molar-refractivity contribution in [3.63, 3.8) is 0 Å². The molecule has 1 aromatic heterocycles. The van der Waals surface area contributed by atoms with E-state index in [0.29, 0.717) is 5.56 Å². The number of pyridine rings is 1. The number of amides is 1. The van der Waals surface area contributed by atoms with Crippen LogP contribution in [0.3, 0.4) is 0 Å². The number of nitrogens with zero attached hydrogens (tertiary/aromatic N) is 1. The molecule has 2 unspecified atom stereocenters. The minimum absolute atomic E-state index is 0.138. The highest BCUT2D eigenvalue weighted by molar-refractivity contribution is 6.30. The van der Waals surface area contributed by atoms with Gasteiger partial charge in [-0.2, -0.15) is 0 Å². The third kappa shape index (κ3) is 5.49. The Morgan fingerprint density at radius 1 is 1.21 bits per heavy atom. The number of nitrogens with one attached hydrogen (secondary N) is 1. The van der Waals surface area contributed by atoms with Crippen LogP contribution in [0.25, 0.3) is 0 Å². The van der Waals surface area contributed by atoms with Crippen molar-refractivity contribution in [2.24, 2.45) is 0 Å². The molecule has 0 saturated heterocycles. The quantitative estimate of drug-likeness (QED) is 0.667. The SMILES string of the molecule is O=C(NCCC(O)C(O)c1cccnc1Cl)OCc1ccccc1. The summed E-state index contributed by atoms with van der Waals surface area (Å²) >= 11 is 5.88. The fourth-order valence-electron chi connectivity index (χ4n) is 2.08. The lowest BCUT2D eigenvalue weighted by Gasteiger charge is -2.18. The van der Waals surface area contributed by atoms with Crippen LogP contribution in [0, 0.1) is 0 Å². The number of halogens is 1. The van der Waals surface area contributed by atoms with Crippen LogP contribution in [0.5, 0.6) is 0 Å². The molecule has 24 heavy (non-hydrogen) atoms. The predicted molar refractivity (Wildman–Crippen MR) is 89.5 cm³/mol. The molecule has 128 valence electrons. The molecule has 6 nitrogen and oxygen atoms in total. The number of hydrogen-bond acceptors (Lipinski definition) is 5. The Morgan fingerprint density at radius 3 is 2.67 bits per heavy atom. The molecule has 0 bridgehead atoms. The summed E-state index contributed by atoms with van der Waals surface area (Å²) in [7, 11) is 0. The topological polar surface area (TPSA) is 91.7 Å². The Hall–Kier alpha value is -2.15. The summed E-state index contributed by atoms with van der Waals surface area (Å²) in [5.41, 5.74) is 1.23. The molecule has 1 amide bonds. The molecule has 0 aliphatic carbocycles. The minimum Gasteiger partial charge on any atom is -0.445 e. The van der Waals surface area contributed by atoms with Crippen LogP contribution in [0.15, 0.2) is 48.7 Å². The number of alkyl carbamates (subject to hydrolysis) is 1. The zero-order valence-electron chi connectivity index (χ0n) is 12.9. The van der Waals surface area contributed by atoms with Gasteiger partial charge in [-0.3, -0.25) is 0 Å². The van der Waals surface area contributed by atoms with Crippen molar-refractivity contribution in [2.75, 3.05) is 6.54 Å². The van der Waals surface area contributed by atoms with Crippen molar-refractivity contribution in [1.82, 2.24) is 10.3 Å². The molecular formula is C17H19ClN2O4. The van der Waals surface area contributed by atoms with Crippen molar-refractivity contribution in [1.29, 1.82) is 0 Å². The zero-order valence-corrected chi connectivity index (χ0v) is 13.7. The van der Waals surface area contributed by atoms with E-state index in [4.69, 9.17) is 16.3 Å². The molecule has 0 fully saturated rings. The van der Waals surface area contributed by atoms with Gasteiger partial charge in [-0.25, -0.2) is 9.78 Å². The van der Waals surface area contributed by atoms with Crippen LogP contribution in [0.4, 0.5) is 4.79 Å². The highest BCUT2D eigenvalue weighted by Gasteiger charge is 2.21. The van der Waals surface area contributed by atoms with E-state index in [1.165, 1.54) is 6.20 Å². The molecule has 0 spiro atoms. The maximum absolute atomic E-state index is 11.6. The number of aromatic nitrogens is 1. The molecule has 0 saturated carbocycles. The van der Waals surface area contributed by atoms with Crippen molar-refractivity contribution < 1.29 is 19.7 Å². The largest absolute Gasteiger partial charge is 0.445 e. The normalized spacial score (nSPS) is 13.1. The van der Waals surface area contributed by atoms with Crippen LogP contribution in [0.2, 0.25) is 5.15 Å². The minimum atomic E-state index is -1.17.